The van der Waals surface area contributed by atoms with E-state index >= 15 is 0 Å². The maximum absolute atomic E-state index is 11.1. The molecule has 0 saturated heterocycles. The number of primary sulfonamides is 1. The SMILES string of the molecule is NS(=O)(=O)c1cc2cc3c(cc2o1)OCO3. The third kappa shape index (κ3) is 1.33. The summed E-state index contributed by atoms with van der Waals surface area (Å²) in [5.41, 5.74) is 0.397. The second-order valence-electron chi connectivity index (χ2n) is 3.35. The topological polar surface area (TPSA) is 91.8 Å². The number of benzene rings is 1. The van der Waals surface area contributed by atoms with Crippen LogP contribution in [0.5, 0.6) is 11.5 Å². The molecule has 1 aliphatic heterocycles. The maximum atomic E-state index is 11.1. The van der Waals surface area contributed by atoms with Gasteiger partial charge in [0.25, 0.3) is 10.0 Å². The second kappa shape index (κ2) is 2.89. The molecule has 2 heterocycles. The van der Waals surface area contributed by atoms with Crippen LogP contribution in [0.3, 0.4) is 0 Å². The van der Waals surface area contributed by atoms with Crippen molar-refractivity contribution < 1.29 is 22.3 Å². The Labute approximate surface area is 90.6 Å². The van der Waals surface area contributed by atoms with Crippen molar-refractivity contribution in [3.63, 3.8) is 0 Å². The quantitative estimate of drug-likeness (QED) is 0.797. The summed E-state index contributed by atoms with van der Waals surface area (Å²) in [5, 5.41) is 5.29. The molecule has 6 nitrogen and oxygen atoms in total. The lowest BCUT2D eigenvalue weighted by Gasteiger charge is -1.93. The number of furan rings is 1. The van der Waals surface area contributed by atoms with Crippen LogP contribution in [0.15, 0.2) is 27.7 Å². The summed E-state index contributed by atoms with van der Waals surface area (Å²) >= 11 is 0. The predicted octanol–water partition coefficient (Wildman–Crippen LogP) is 0.809. The van der Waals surface area contributed by atoms with E-state index < -0.39 is 10.0 Å². The number of fused-ring (bicyclic) bond motifs is 2. The van der Waals surface area contributed by atoms with Crippen molar-refractivity contribution in [3.05, 3.63) is 18.2 Å². The van der Waals surface area contributed by atoms with Crippen LogP contribution >= 0.6 is 0 Å². The van der Waals surface area contributed by atoms with Gasteiger partial charge in [-0.15, -0.1) is 0 Å². The molecule has 0 saturated carbocycles. The molecule has 84 valence electrons. The van der Waals surface area contributed by atoms with Crippen LogP contribution in [0, 0.1) is 0 Å². The first-order chi connectivity index (χ1) is 7.54. The highest BCUT2D eigenvalue weighted by Crippen LogP contribution is 2.37. The average molecular weight is 241 g/mol. The fraction of sp³-hybridized carbons (Fsp3) is 0.111. The van der Waals surface area contributed by atoms with Crippen LogP contribution in [0.25, 0.3) is 11.0 Å². The van der Waals surface area contributed by atoms with E-state index in [0.29, 0.717) is 22.5 Å². The van der Waals surface area contributed by atoms with Gasteiger partial charge in [-0.3, -0.25) is 0 Å². The summed E-state index contributed by atoms with van der Waals surface area (Å²) in [4.78, 5) is 0. The molecule has 1 aromatic carbocycles. The van der Waals surface area contributed by atoms with Crippen molar-refractivity contribution in [3.8, 4) is 11.5 Å². The number of hydrogen-bond donors (Lipinski definition) is 1. The lowest BCUT2D eigenvalue weighted by molar-refractivity contribution is 0.174. The van der Waals surface area contributed by atoms with E-state index in [0.717, 1.165) is 0 Å². The smallest absolute Gasteiger partial charge is 0.271 e. The molecule has 1 aliphatic rings. The van der Waals surface area contributed by atoms with E-state index in [1.165, 1.54) is 6.07 Å². The van der Waals surface area contributed by atoms with Gasteiger partial charge in [0.05, 0.1) is 0 Å². The Morgan fingerprint density at radius 2 is 1.81 bits per heavy atom. The third-order valence-corrected chi connectivity index (χ3v) is 3.03. The summed E-state index contributed by atoms with van der Waals surface area (Å²) in [6.07, 6.45) is 0. The lowest BCUT2D eigenvalue weighted by Crippen LogP contribution is -2.10. The van der Waals surface area contributed by atoms with Crippen LogP contribution in [0.2, 0.25) is 0 Å². The minimum atomic E-state index is -3.83. The van der Waals surface area contributed by atoms with Crippen molar-refractivity contribution in [1.82, 2.24) is 0 Å². The Balaban J connectivity index is 2.27. The van der Waals surface area contributed by atoms with Crippen LogP contribution in [0.4, 0.5) is 0 Å². The van der Waals surface area contributed by atoms with Gasteiger partial charge in [-0.05, 0) is 6.07 Å². The molecule has 0 radical (unpaired) electrons. The fourth-order valence-corrected chi connectivity index (χ4v) is 2.04. The highest BCUT2D eigenvalue weighted by atomic mass is 32.2. The van der Waals surface area contributed by atoms with E-state index in [1.54, 1.807) is 12.1 Å². The van der Waals surface area contributed by atoms with E-state index in [4.69, 9.17) is 19.0 Å². The largest absolute Gasteiger partial charge is 0.454 e. The van der Waals surface area contributed by atoms with Crippen LogP contribution in [-0.4, -0.2) is 15.2 Å². The highest BCUT2D eigenvalue weighted by molar-refractivity contribution is 7.89. The van der Waals surface area contributed by atoms with Crippen LogP contribution in [-0.2, 0) is 10.0 Å². The molecule has 0 unspecified atom stereocenters. The Kier molecular flexibility index (Phi) is 1.72. The van der Waals surface area contributed by atoms with Crippen molar-refractivity contribution in [1.29, 1.82) is 0 Å². The molecule has 0 amide bonds. The van der Waals surface area contributed by atoms with Gasteiger partial charge < -0.3 is 13.9 Å². The molecule has 0 fully saturated rings. The molecule has 0 atom stereocenters. The Morgan fingerprint density at radius 3 is 2.50 bits per heavy atom. The van der Waals surface area contributed by atoms with Gasteiger partial charge in [0.2, 0.25) is 11.9 Å². The number of sulfonamides is 1. The standard InChI is InChI=1S/C9H7NO5S/c10-16(11,12)9-2-5-1-7-8(14-4-13-7)3-6(5)15-9/h1-3H,4H2,(H2,10,11,12). The van der Waals surface area contributed by atoms with Gasteiger partial charge in [-0.1, -0.05) is 0 Å². The number of ether oxygens (including phenoxy) is 2. The van der Waals surface area contributed by atoms with E-state index in [-0.39, 0.29) is 11.9 Å². The molecule has 0 aliphatic carbocycles. The van der Waals surface area contributed by atoms with E-state index in [2.05, 4.69) is 0 Å². The molecule has 1 aromatic heterocycles. The van der Waals surface area contributed by atoms with Gasteiger partial charge in [0, 0.05) is 17.5 Å². The van der Waals surface area contributed by atoms with Crippen molar-refractivity contribution in [2.24, 2.45) is 5.14 Å². The first-order valence-electron chi connectivity index (χ1n) is 4.40. The van der Waals surface area contributed by atoms with E-state index in [9.17, 15) is 8.42 Å². The molecule has 2 aromatic rings. The van der Waals surface area contributed by atoms with Gasteiger partial charge in [0.1, 0.15) is 5.58 Å². The number of nitrogens with two attached hydrogens (primary N) is 1. The normalized spacial score (nSPS) is 14.6. The summed E-state index contributed by atoms with van der Waals surface area (Å²) in [7, 11) is -3.83. The van der Waals surface area contributed by atoms with Crippen LogP contribution < -0.4 is 14.6 Å². The van der Waals surface area contributed by atoms with Crippen LogP contribution in [0.1, 0.15) is 0 Å². The summed E-state index contributed by atoms with van der Waals surface area (Å²) in [5.74, 6) is 1.09. The van der Waals surface area contributed by atoms with Crippen molar-refractivity contribution in [2.45, 2.75) is 5.09 Å². The zero-order valence-corrected chi connectivity index (χ0v) is 8.78. The van der Waals surface area contributed by atoms with Crippen molar-refractivity contribution >= 4 is 21.0 Å². The molecule has 7 heteroatoms. The van der Waals surface area contributed by atoms with Gasteiger partial charge in [-0.25, -0.2) is 13.6 Å². The fourth-order valence-electron chi connectivity index (χ4n) is 1.55. The second-order valence-corrected chi connectivity index (χ2v) is 4.85. The molecule has 2 N–H and O–H groups in total. The lowest BCUT2D eigenvalue weighted by atomic mass is 10.2. The zero-order chi connectivity index (χ0) is 11.3. The van der Waals surface area contributed by atoms with Crippen molar-refractivity contribution in [2.75, 3.05) is 6.79 Å². The first-order valence-corrected chi connectivity index (χ1v) is 5.95. The van der Waals surface area contributed by atoms with Gasteiger partial charge >= 0.3 is 0 Å². The molecule has 0 spiro atoms. The first kappa shape index (κ1) is 9.49. The Morgan fingerprint density at radius 1 is 1.12 bits per heavy atom. The predicted molar refractivity (Wildman–Crippen MR) is 53.7 cm³/mol. The minimum absolute atomic E-state index is 0.157. The average Bonchev–Trinajstić information content (AvgIpc) is 2.75. The minimum Gasteiger partial charge on any atom is -0.454 e. The monoisotopic (exact) mass is 241 g/mol. The molecular formula is C9H7NO5S. The van der Waals surface area contributed by atoms with E-state index in [1.807, 2.05) is 0 Å². The summed E-state index contributed by atoms with van der Waals surface area (Å²) in [6.45, 7) is 0.157. The summed E-state index contributed by atoms with van der Waals surface area (Å²) in [6, 6.07) is 4.58. The highest BCUT2D eigenvalue weighted by Gasteiger charge is 2.19. The Bertz CT molecular complexity index is 632. The number of rotatable bonds is 1. The zero-order valence-electron chi connectivity index (χ0n) is 7.97. The van der Waals surface area contributed by atoms with Gasteiger partial charge in [0.15, 0.2) is 11.5 Å². The number of hydrogen-bond acceptors (Lipinski definition) is 5. The Hall–Kier alpha value is -1.73. The van der Waals surface area contributed by atoms with Gasteiger partial charge in [-0.2, -0.15) is 0 Å². The third-order valence-electron chi connectivity index (χ3n) is 2.27. The molecule has 3 rings (SSSR count). The maximum Gasteiger partial charge on any atom is 0.271 e. The molecule has 0 bridgehead atoms. The summed E-state index contributed by atoms with van der Waals surface area (Å²) < 4.78 is 37.6. The molecule has 16 heavy (non-hydrogen) atoms. The molecular weight excluding hydrogens is 234 g/mol.